The van der Waals surface area contributed by atoms with Crippen molar-refractivity contribution in [2.45, 2.75) is 32.8 Å². The molecule has 2 unspecified atom stereocenters. The van der Waals surface area contributed by atoms with E-state index in [1.807, 2.05) is 13.8 Å². The first-order chi connectivity index (χ1) is 9.10. The molecule has 2 heterocycles. The van der Waals surface area contributed by atoms with Crippen LogP contribution in [0.2, 0.25) is 0 Å². The number of pyridine rings is 1. The SMILES string of the molecule is CCc1cc(C(=O)NCC2CCOC2C)cc(N)n1. The summed E-state index contributed by atoms with van der Waals surface area (Å²) in [5, 5.41) is 2.95. The molecule has 1 aliphatic heterocycles. The predicted molar refractivity (Wildman–Crippen MR) is 73.9 cm³/mol. The van der Waals surface area contributed by atoms with E-state index >= 15 is 0 Å². The molecule has 1 saturated heterocycles. The molecule has 1 amide bonds. The summed E-state index contributed by atoms with van der Waals surface area (Å²) in [6, 6.07) is 3.41. The number of carbonyl (C=O) groups is 1. The zero-order valence-electron chi connectivity index (χ0n) is 11.5. The van der Waals surface area contributed by atoms with E-state index in [1.165, 1.54) is 0 Å². The average Bonchev–Trinajstić information content (AvgIpc) is 2.80. The second-order valence-corrected chi connectivity index (χ2v) is 4.96. The van der Waals surface area contributed by atoms with Crippen molar-refractivity contribution in [3.05, 3.63) is 23.4 Å². The highest BCUT2D eigenvalue weighted by atomic mass is 16.5. The second-order valence-electron chi connectivity index (χ2n) is 4.96. The van der Waals surface area contributed by atoms with Gasteiger partial charge < -0.3 is 15.8 Å². The quantitative estimate of drug-likeness (QED) is 0.860. The molecule has 2 atom stereocenters. The maximum absolute atomic E-state index is 12.1. The number of nitrogen functional groups attached to an aromatic ring is 1. The maximum Gasteiger partial charge on any atom is 0.251 e. The summed E-state index contributed by atoms with van der Waals surface area (Å²) < 4.78 is 5.48. The molecule has 0 saturated carbocycles. The molecule has 3 N–H and O–H groups in total. The number of nitrogens with two attached hydrogens (primary N) is 1. The van der Waals surface area contributed by atoms with Crippen molar-refractivity contribution >= 4 is 11.7 Å². The van der Waals surface area contributed by atoms with Gasteiger partial charge in [-0.25, -0.2) is 4.98 Å². The minimum atomic E-state index is -0.0945. The molecule has 1 aromatic heterocycles. The van der Waals surface area contributed by atoms with Gasteiger partial charge >= 0.3 is 0 Å². The van der Waals surface area contributed by atoms with E-state index in [1.54, 1.807) is 12.1 Å². The fraction of sp³-hybridized carbons (Fsp3) is 0.571. The topological polar surface area (TPSA) is 77.2 Å². The lowest BCUT2D eigenvalue weighted by atomic mass is 10.0. The number of hydrogen-bond acceptors (Lipinski definition) is 4. The van der Waals surface area contributed by atoms with Crippen LogP contribution in [0, 0.1) is 5.92 Å². The van der Waals surface area contributed by atoms with E-state index in [-0.39, 0.29) is 12.0 Å². The summed E-state index contributed by atoms with van der Waals surface area (Å²) in [5.74, 6) is 0.693. The van der Waals surface area contributed by atoms with Gasteiger partial charge in [-0.15, -0.1) is 0 Å². The Hall–Kier alpha value is -1.62. The Morgan fingerprint density at radius 2 is 2.37 bits per heavy atom. The molecule has 1 aromatic rings. The highest BCUT2D eigenvalue weighted by molar-refractivity contribution is 5.94. The number of aryl methyl sites for hydroxylation is 1. The van der Waals surface area contributed by atoms with Gasteiger partial charge in [-0.3, -0.25) is 4.79 Å². The molecule has 104 valence electrons. The Labute approximate surface area is 113 Å². The van der Waals surface area contributed by atoms with Crippen LogP contribution in [0.3, 0.4) is 0 Å². The van der Waals surface area contributed by atoms with Crippen LogP contribution in [0.1, 0.15) is 36.3 Å². The lowest BCUT2D eigenvalue weighted by molar-refractivity contribution is 0.0907. The van der Waals surface area contributed by atoms with Crippen molar-refractivity contribution in [1.82, 2.24) is 10.3 Å². The number of anilines is 1. The molecule has 0 aliphatic carbocycles. The third-order valence-electron chi connectivity index (χ3n) is 3.58. The number of aromatic nitrogens is 1. The van der Waals surface area contributed by atoms with E-state index in [0.717, 1.165) is 25.1 Å². The molecule has 5 nitrogen and oxygen atoms in total. The third kappa shape index (κ3) is 3.44. The van der Waals surface area contributed by atoms with Crippen molar-refractivity contribution in [1.29, 1.82) is 0 Å². The number of carbonyl (C=O) groups excluding carboxylic acids is 1. The molecular formula is C14H21N3O2. The first kappa shape index (κ1) is 13.8. The summed E-state index contributed by atoms with van der Waals surface area (Å²) in [6.45, 7) is 5.46. The monoisotopic (exact) mass is 263 g/mol. The number of rotatable bonds is 4. The van der Waals surface area contributed by atoms with Gasteiger partial charge in [0.1, 0.15) is 5.82 Å². The molecule has 1 fully saturated rings. The van der Waals surface area contributed by atoms with E-state index in [0.29, 0.717) is 23.8 Å². The van der Waals surface area contributed by atoms with Gasteiger partial charge in [-0.2, -0.15) is 0 Å². The Morgan fingerprint density at radius 3 is 3.00 bits per heavy atom. The molecule has 0 bridgehead atoms. The molecule has 1 aliphatic rings. The van der Waals surface area contributed by atoms with Crippen LogP contribution in [0.15, 0.2) is 12.1 Å². The van der Waals surface area contributed by atoms with Crippen LogP contribution in [-0.2, 0) is 11.2 Å². The average molecular weight is 263 g/mol. The summed E-state index contributed by atoms with van der Waals surface area (Å²) in [4.78, 5) is 16.3. The molecule has 0 spiro atoms. The fourth-order valence-corrected chi connectivity index (χ4v) is 2.29. The van der Waals surface area contributed by atoms with Gasteiger partial charge in [0, 0.05) is 30.3 Å². The van der Waals surface area contributed by atoms with Gasteiger partial charge in [-0.05, 0) is 31.9 Å². The Morgan fingerprint density at radius 1 is 1.58 bits per heavy atom. The molecule has 5 heteroatoms. The third-order valence-corrected chi connectivity index (χ3v) is 3.58. The number of amides is 1. The van der Waals surface area contributed by atoms with Gasteiger partial charge in [0.15, 0.2) is 0 Å². The summed E-state index contributed by atoms with van der Waals surface area (Å²) >= 11 is 0. The lowest BCUT2D eigenvalue weighted by Gasteiger charge is -2.15. The predicted octanol–water partition coefficient (Wildman–Crippen LogP) is 1.38. The Kier molecular flexibility index (Phi) is 4.37. The zero-order chi connectivity index (χ0) is 13.8. The van der Waals surface area contributed by atoms with E-state index < -0.39 is 0 Å². The van der Waals surface area contributed by atoms with Crippen molar-refractivity contribution in [3.63, 3.8) is 0 Å². The van der Waals surface area contributed by atoms with Gasteiger partial charge in [0.2, 0.25) is 0 Å². The number of nitrogens with zero attached hydrogens (tertiary/aromatic N) is 1. The van der Waals surface area contributed by atoms with Crippen molar-refractivity contribution in [2.24, 2.45) is 5.92 Å². The zero-order valence-corrected chi connectivity index (χ0v) is 11.5. The van der Waals surface area contributed by atoms with Crippen LogP contribution in [-0.4, -0.2) is 30.1 Å². The first-order valence-corrected chi connectivity index (χ1v) is 6.76. The van der Waals surface area contributed by atoms with Gasteiger partial charge in [0.25, 0.3) is 5.91 Å². The molecule has 2 rings (SSSR count). The molecule has 0 aromatic carbocycles. The maximum atomic E-state index is 12.1. The van der Waals surface area contributed by atoms with Crippen molar-refractivity contribution in [2.75, 3.05) is 18.9 Å². The fourth-order valence-electron chi connectivity index (χ4n) is 2.29. The normalized spacial score (nSPS) is 22.4. The number of nitrogens with one attached hydrogen (secondary N) is 1. The molecular weight excluding hydrogens is 242 g/mol. The minimum Gasteiger partial charge on any atom is -0.384 e. The summed E-state index contributed by atoms with van der Waals surface area (Å²) in [7, 11) is 0. The number of hydrogen-bond donors (Lipinski definition) is 2. The minimum absolute atomic E-state index is 0.0945. The number of ether oxygens (including phenoxy) is 1. The Balaban J connectivity index is 1.97. The van der Waals surface area contributed by atoms with E-state index in [9.17, 15) is 4.79 Å². The van der Waals surface area contributed by atoms with Crippen molar-refractivity contribution in [3.8, 4) is 0 Å². The van der Waals surface area contributed by atoms with E-state index in [4.69, 9.17) is 10.5 Å². The van der Waals surface area contributed by atoms with Gasteiger partial charge in [0.05, 0.1) is 6.10 Å². The highest BCUT2D eigenvalue weighted by Crippen LogP contribution is 2.19. The van der Waals surface area contributed by atoms with E-state index in [2.05, 4.69) is 10.3 Å². The standard InChI is InChI=1S/C14H21N3O2/c1-3-12-6-11(7-13(15)17-12)14(18)16-8-10-4-5-19-9(10)2/h6-7,9-10H,3-5,8H2,1-2H3,(H2,15,17)(H,16,18). The second kappa shape index (κ2) is 6.02. The Bertz CT molecular complexity index is 462. The molecule has 0 radical (unpaired) electrons. The lowest BCUT2D eigenvalue weighted by Crippen LogP contribution is -2.32. The van der Waals surface area contributed by atoms with Crippen LogP contribution < -0.4 is 11.1 Å². The van der Waals surface area contributed by atoms with Crippen LogP contribution in [0.5, 0.6) is 0 Å². The van der Waals surface area contributed by atoms with Gasteiger partial charge in [-0.1, -0.05) is 6.92 Å². The molecule has 19 heavy (non-hydrogen) atoms. The first-order valence-electron chi connectivity index (χ1n) is 6.76. The summed E-state index contributed by atoms with van der Waals surface area (Å²) in [5.41, 5.74) is 7.12. The van der Waals surface area contributed by atoms with Crippen LogP contribution >= 0.6 is 0 Å². The highest BCUT2D eigenvalue weighted by Gasteiger charge is 2.24. The van der Waals surface area contributed by atoms with Crippen LogP contribution in [0.4, 0.5) is 5.82 Å². The largest absolute Gasteiger partial charge is 0.384 e. The van der Waals surface area contributed by atoms with Crippen molar-refractivity contribution < 1.29 is 9.53 Å². The smallest absolute Gasteiger partial charge is 0.251 e. The van der Waals surface area contributed by atoms with Crippen LogP contribution in [0.25, 0.3) is 0 Å². The summed E-state index contributed by atoms with van der Waals surface area (Å²) in [6.07, 6.45) is 1.98.